The Morgan fingerprint density at radius 1 is 1.23 bits per heavy atom. The van der Waals surface area contributed by atoms with E-state index >= 15 is 0 Å². The molecule has 1 aliphatic heterocycles. The van der Waals surface area contributed by atoms with E-state index in [4.69, 9.17) is 10.00 Å². The van der Waals surface area contributed by atoms with Crippen LogP contribution in [0.5, 0.6) is 5.75 Å². The normalized spacial score (nSPS) is 18.1. The fourth-order valence-corrected chi connectivity index (χ4v) is 3.22. The molecule has 0 spiro atoms. The van der Waals surface area contributed by atoms with Gasteiger partial charge in [-0.3, -0.25) is 4.90 Å². The molecule has 1 atom stereocenters. The number of nitrogens with zero attached hydrogens (tertiary/aromatic N) is 2. The Balaban J connectivity index is 1.79. The van der Waals surface area contributed by atoms with E-state index in [-0.39, 0.29) is 0 Å². The van der Waals surface area contributed by atoms with Crippen molar-refractivity contribution < 1.29 is 4.74 Å². The molecule has 0 aromatic heterocycles. The van der Waals surface area contributed by atoms with Gasteiger partial charge in [-0.2, -0.15) is 5.26 Å². The minimum atomic E-state index is 0.431. The van der Waals surface area contributed by atoms with Crippen LogP contribution in [-0.2, 0) is 6.54 Å². The Bertz CT molecular complexity index is 690. The summed E-state index contributed by atoms with van der Waals surface area (Å²) < 4.78 is 5.34. The minimum Gasteiger partial charge on any atom is -0.497 e. The van der Waals surface area contributed by atoms with Crippen LogP contribution in [0.4, 0.5) is 0 Å². The summed E-state index contributed by atoms with van der Waals surface area (Å²) >= 11 is 0. The van der Waals surface area contributed by atoms with E-state index in [9.17, 15) is 0 Å². The Kier molecular flexibility index (Phi) is 4.41. The van der Waals surface area contributed by atoms with Gasteiger partial charge in [-0.25, -0.2) is 0 Å². The van der Waals surface area contributed by atoms with Crippen LogP contribution in [0.15, 0.2) is 48.5 Å². The van der Waals surface area contributed by atoms with Gasteiger partial charge in [-0.05, 0) is 54.8 Å². The highest BCUT2D eigenvalue weighted by Crippen LogP contribution is 2.34. The monoisotopic (exact) mass is 292 g/mol. The molecule has 3 nitrogen and oxygen atoms in total. The van der Waals surface area contributed by atoms with Crippen LogP contribution in [-0.4, -0.2) is 18.6 Å². The summed E-state index contributed by atoms with van der Waals surface area (Å²) in [5.74, 6) is 0.913. The lowest BCUT2D eigenvalue weighted by molar-refractivity contribution is 0.248. The Labute approximate surface area is 131 Å². The van der Waals surface area contributed by atoms with E-state index in [0.717, 1.165) is 24.4 Å². The van der Waals surface area contributed by atoms with Gasteiger partial charge in [0.15, 0.2) is 0 Å². The number of hydrogen-bond acceptors (Lipinski definition) is 3. The quantitative estimate of drug-likeness (QED) is 0.857. The molecular formula is C19H20N2O. The number of likely N-dealkylation sites (tertiary alicyclic amines) is 1. The van der Waals surface area contributed by atoms with Crippen LogP contribution in [0.25, 0.3) is 0 Å². The van der Waals surface area contributed by atoms with Gasteiger partial charge in [0.05, 0.1) is 18.7 Å². The highest BCUT2D eigenvalue weighted by Gasteiger charge is 2.26. The third-order valence-corrected chi connectivity index (χ3v) is 4.28. The van der Waals surface area contributed by atoms with Crippen molar-refractivity contribution in [2.24, 2.45) is 0 Å². The molecule has 2 aromatic carbocycles. The zero-order chi connectivity index (χ0) is 15.4. The summed E-state index contributed by atoms with van der Waals surface area (Å²) in [6.45, 7) is 1.98. The standard InChI is InChI=1S/C19H20N2O/c1-22-18-8-3-7-17(12-18)19-9-4-10-21(19)14-16-6-2-5-15(11-16)13-20/h2-3,5-8,11-12,19H,4,9-10,14H2,1H3/t19-/m1/s1. The topological polar surface area (TPSA) is 36.3 Å². The van der Waals surface area contributed by atoms with E-state index in [1.54, 1.807) is 7.11 Å². The van der Waals surface area contributed by atoms with Crippen LogP contribution in [0, 0.1) is 11.3 Å². The average molecular weight is 292 g/mol. The number of methoxy groups -OCH3 is 1. The average Bonchev–Trinajstić information content (AvgIpc) is 3.03. The lowest BCUT2D eigenvalue weighted by atomic mass is 10.0. The maximum absolute atomic E-state index is 9.03. The van der Waals surface area contributed by atoms with Crippen molar-refractivity contribution in [1.29, 1.82) is 5.26 Å². The second-order valence-corrected chi connectivity index (χ2v) is 5.72. The van der Waals surface area contributed by atoms with Crippen LogP contribution < -0.4 is 4.74 Å². The van der Waals surface area contributed by atoms with Crippen molar-refractivity contribution in [3.8, 4) is 11.8 Å². The molecule has 0 saturated carbocycles. The van der Waals surface area contributed by atoms with Crippen LogP contribution >= 0.6 is 0 Å². The molecule has 3 rings (SSSR count). The summed E-state index contributed by atoms with van der Waals surface area (Å²) in [5.41, 5.74) is 3.25. The van der Waals surface area contributed by atoms with Gasteiger partial charge in [-0.1, -0.05) is 24.3 Å². The molecule has 0 bridgehead atoms. The van der Waals surface area contributed by atoms with E-state index in [2.05, 4.69) is 35.2 Å². The summed E-state index contributed by atoms with van der Waals surface area (Å²) in [5, 5.41) is 9.03. The van der Waals surface area contributed by atoms with E-state index in [0.29, 0.717) is 6.04 Å². The van der Waals surface area contributed by atoms with Crippen LogP contribution in [0.1, 0.15) is 35.6 Å². The highest BCUT2D eigenvalue weighted by atomic mass is 16.5. The Hall–Kier alpha value is -2.31. The number of hydrogen-bond donors (Lipinski definition) is 0. The van der Waals surface area contributed by atoms with Crippen molar-refractivity contribution >= 4 is 0 Å². The highest BCUT2D eigenvalue weighted by molar-refractivity contribution is 5.34. The summed E-state index contributed by atoms with van der Waals surface area (Å²) in [7, 11) is 1.71. The summed E-state index contributed by atoms with van der Waals surface area (Å²) in [4.78, 5) is 2.49. The van der Waals surface area contributed by atoms with Crippen LogP contribution in [0.2, 0.25) is 0 Å². The van der Waals surface area contributed by atoms with Gasteiger partial charge >= 0.3 is 0 Å². The molecule has 0 amide bonds. The molecule has 1 fully saturated rings. The lowest BCUT2D eigenvalue weighted by Crippen LogP contribution is -2.22. The molecule has 2 aromatic rings. The van der Waals surface area contributed by atoms with Gasteiger partial charge in [0.25, 0.3) is 0 Å². The number of nitriles is 1. The zero-order valence-corrected chi connectivity index (χ0v) is 12.8. The molecule has 0 unspecified atom stereocenters. The van der Waals surface area contributed by atoms with Gasteiger partial charge in [0.1, 0.15) is 5.75 Å². The first-order valence-corrected chi connectivity index (χ1v) is 7.67. The number of ether oxygens (including phenoxy) is 1. The van der Waals surface area contributed by atoms with Crippen LogP contribution in [0.3, 0.4) is 0 Å². The third-order valence-electron chi connectivity index (χ3n) is 4.28. The summed E-state index contributed by atoms with van der Waals surface area (Å²) in [6.07, 6.45) is 2.38. The molecule has 1 heterocycles. The molecule has 1 aliphatic rings. The zero-order valence-electron chi connectivity index (χ0n) is 12.8. The van der Waals surface area contributed by atoms with Gasteiger partial charge in [0.2, 0.25) is 0 Å². The molecule has 22 heavy (non-hydrogen) atoms. The fourth-order valence-electron chi connectivity index (χ4n) is 3.22. The van der Waals surface area contributed by atoms with Gasteiger partial charge in [0, 0.05) is 12.6 Å². The first-order valence-electron chi connectivity index (χ1n) is 7.67. The SMILES string of the molecule is COc1cccc([C@H]2CCCN2Cc2cccc(C#N)c2)c1. The predicted octanol–water partition coefficient (Wildman–Crippen LogP) is 3.90. The maximum Gasteiger partial charge on any atom is 0.119 e. The van der Waals surface area contributed by atoms with Gasteiger partial charge in [-0.15, -0.1) is 0 Å². The Morgan fingerprint density at radius 3 is 2.91 bits per heavy atom. The van der Waals surface area contributed by atoms with Crippen molar-refractivity contribution in [3.05, 3.63) is 65.2 Å². The second-order valence-electron chi connectivity index (χ2n) is 5.72. The summed E-state index contributed by atoms with van der Waals surface area (Å²) in [6, 6.07) is 18.9. The third kappa shape index (κ3) is 3.13. The van der Waals surface area contributed by atoms with Gasteiger partial charge < -0.3 is 4.74 Å². The Morgan fingerprint density at radius 2 is 2.09 bits per heavy atom. The van der Waals surface area contributed by atoms with E-state index < -0.39 is 0 Å². The van der Waals surface area contributed by atoms with Crippen molar-refractivity contribution in [3.63, 3.8) is 0 Å². The van der Waals surface area contributed by atoms with E-state index in [1.165, 1.54) is 24.0 Å². The molecule has 1 saturated heterocycles. The number of benzene rings is 2. The second kappa shape index (κ2) is 6.64. The largest absolute Gasteiger partial charge is 0.497 e. The van der Waals surface area contributed by atoms with Crippen molar-refractivity contribution in [1.82, 2.24) is 4.90 Å². The first-order chi connectivity index (χ1) is 10.8. The van der Waals surface area contributed by atoms with Crippen molar-refractivity contribution in [2.75, 3.05) is 13.7 Å². The number of rotatable bonds is 4. The molecule has 0 N–H and O–H groups in total. The predicted molar refractivity (Wildman–Crippen MR) is 86.5 cm³/mol. The lowest BCUT2D eigenvalue weighted by Gasteiger charge is -2.25. The molecule has 3 heteroatoms. The maximum atomic E-state index is 9.03. The molecular weight excluding hydrogens is 272 g/mol. The molecule has 112 valence electrons. The minimum absolute atomic E-state index is 0.431. The first kappa shape index (κ1) is 14.6. The van der Waals surface area contributed by atoms with E-state index in [1.807, 2.05) is 24.3 Å². The smallest absolute Gasteiger partial charge is 0.119 e. The van der Waals surface area contributed by atoms with Crippen molar-refractivity contribution in [2.45, 2.75) is 25.4 Å². The molecule has 0 aliphatic carbocycles. The fraction of sp³-hybridized carbons (Fsp3) is 0.316. The molecule has 0 radical (unpaired) electrons.